The molecule has 0 amide bonds. The summed E-state index contributed by atoms with van der Waals surface area (Å²) in [7, 11) is -6.74. The first-order chi connectivity index (χ1) is 48.9. The molecule has 3 heterocycles. The number of hydrogen-bond acceptors (Lipinski definition) is 2. The number of nitrogens with zero attached hydrogens (tertiary/aromatic N) is 1. The van der Waals surface area contributed by atoms with Gasteiger partial charge in [0.25, 0.3) is 0 Å². The van der Waals surface area contributed by atoms with Crippen LogP contribution in [-0.4, -0.2) is 19.6 Å². The minimum atomic E-state index is -6.74. The molecule has 11 aromatic rings. The SMILES string of the molecule is [2H]c1c([2H])c([2H])c([Si](c2c([2H])c([2H])c([2H])c([2H])c2[2H])(c2c([2H])c([2H])c([2H])c([2H])c2[2H])c2c([2H])c([2H])c([2H])c([2H])c2-c2c([2H])c([2H])c3c(c2[2H])Oc2c([2H])c(-c4c([2H])c([2H])c([2H])c(-n5c6c([2H])c([2H])c([2H])c([2H])c6c6c([2H])c([2H])c([2H])c([2H])c65)c4[2H])c([2H])c4c2B3Oc2c([2H])c([2H])c([2H])c([2H])c2-4)c([2H])c1[2H]. The predicted molar refractivity (Wildman–Crippen MR) is 273 cm³/mol. The largest absolute Gasteiger partial charge is 0.551 e. The van der Waals surface area contributed by atoms with Gasteiger partial charge >= 0.3 is 6.92 Å². The van der Waals surface area contributed by atoms with Gasteiger partial charge in [-0.25, -0.2) is 0 Å². The van der Waals surface area contributed by atoms with E-state index in [1.54, 1.807) is 0 Å². The lowest BCUT2D eigenvalue weighted by atomic mass is 9.50. The van der Waals surface area contributed by atoms with Crippen LogP contribution in [0.3, 0.4) is 0 Å². The topological polar surface area (TPSA) is 23.4 Å². The van der Waals surface area contributed by atoms with E-state index in [1.165, 1.54) is 0 Å². The first-order valence-corrected chi connectivity index (χ1v) is 21.1. The van der Waals surface area contributed by atoms with Gasteiger partial charge in [0.2, 0.25) is 0 Å². The summed E-state index contributed by atoms with van der Waals surface area (Å²) >= 11 is 0. The lowest BCUT2D eigenvalue weighted by molar-refractivity contribution is 0.480. The van der Waals surface area contributed by atoms with Crippen molar-refractivity contribution < 1.29 is 64.2 Å². The second kappa shape index (κ2) is 15.0. The number of benzene rings is 10. The second-order valence-electron chi connectivity index (χ2n) is 14.0. The van der Waals surface area contributed by atoms with Gasteiger partial charge in [0.15, 0.2) is 8.07 Å². The van der Waals surface area contributed by atoms with Gasteiger partial charge in [-0.3, -0.25) is 0 Å². The van der Waals surface area contributed by atoms with Crippen LogP contribution in [0, 0.1) is 0 Å². The van der Waals surface area contributed by atoms with E-state index in [0.29, 0.717) is 4.57 Å². The number of para-hydroxylation sites is 3. The third-order valence-electron chi connectivity index (χ3n) is 10.7. The van der Waals surface area contributed by atoms with Gasteiger partial charge in [0, 0.05) is 32.9 Å². The fourth-order valence-electron chi connectivity index (χ4n) is 8.07. The van der Waals surface area contributed by atoms with E-state index in [2.05, 4.69) is 0 Å². The molecule has 3 nitrogen and oxygen atoms in total. The Hall–Kier alpha value is -8.12. The summed E-state index contributed by atoms with van der Waals surface area (Å²) in [4.78, 5) is 0. The lowest BCUT2D eigenvalue weighted by Crippen LogP contribution is -2.75. The summed E-state index contributed by atoms with van der Waals surface area (Å²) in [5.41, 5.74) is -9.92. The average Bonchev–Trinajstić information content (AvgIpc) is 1.18. The highest BCUT2D eigenvalue weighted by Crippen LogP contribution is 2.43. The first-order valence-electron chi connectivity index (χ1n) is 39.1. The van der Waals surface area contributed by atoms with E-state index in [4.69, 9.17) is 32.7 Å². The van der Waals surface area contributed by atoms with E-state index in [9.17, 15) is 31.5 Å². The van der Waals surface area contributed by atoms with Gasteiger partial charge in [0.05, 0.1) is 65.9 Å². The molecule has 0 N–H and O–H groups in total. The van der Waals surface area contributed by atoms with E-state index in [1.807, 2.05) is 0 Å². The second-order valence-corrected chi connectivity index (χ2v) is 17.5. The fraction of sp³-hybridized carbons (Fsp3) is 0. The van der Waals surface area contributed by atoms with Crippen molar-refractivity contribution >= 4 is 68.5 Å². The minimum absolute atomic E-state index is 0.576. The Morgan fingerprint density at radius 3 is 1.65 bits per heavy atom. The van der Waals surface area contributed by atoms with Crippen LogP contribution in [0.5, 0.6) is 17.2 Å². The maximum atomic E-state index is 10.4. The molecule has 2 aliphatic heterocycles. The zero-order valence-electron chi connectivity index (χ0n) is 72.3. The van der Waals surface area contributed by atoms with Gasteiger partial charge in [-0.15, -0.1) is 0 Å². The highest BCUT2D eigenvalue weighted by molar-refractivity contribution is 7.20. The van der Waals surface area contributed by atoms with E-state index >= 15 is 0 Å². The average molecular weight is 886 g/mol. The molecule has 0 spiro atoms. The predicted octanol–water partition coefficient (Wildman–Crippen LogP) is 10.8. The van der Waals surface area contributed by atoms with Crippen molar-refractivity contribution in [2.75, 3.05) is 0 Å². The van der Waals surface area contributed by atoms with Crippen molar-refractivity contribution in [3.63, 3.8) is 0 Å². The van der Waals surface area contributed by atoms with Crippen LogP contribution >= 0.6 is 0 Å². The summed E-state index contributed by atoms with van der Waals surface area (Å²) in [5, 5.41) is -6.37. The molecule has 0 radical (unpaired) electrons. The molecule has 0 fully saturated rings. The quantitative estimate of drug-likeness (QED) is 0.118. The Balaban J connectivity index is 1.23. The van der Waals surface area contributed by atoms with E-state index in [-0.39, 0.29) is 0 Å². The standard InChI is InChI=1S/C60H40BNO2Si/c1-4-21-45(22-5-1)65(46-23-6-2-7-24-46,47-25-8-3-9-26-47)59-34-17-13-27-48(59)42-35-36-53-57(39-42)63-58-40-43(38-52-51-30-12-16-33-56(51)64-61(53)60(52)58)41-19-18-20-44(37-41)62-54-31-14-10-28-49(54)50-29-11-15-32-55(50)62/h1-40H/i1D,2D,3D,4D,5D,6D,7D,8D,9D,10D,11D,12D,13D,14D,15D,16D,17D,18D,19D,20D,21D,22D,23D,24D,25D,26D,27D,28D,29D,30D,31D,32D,33D,34D,35D,36D,37D,38D,39D,40D. The highest BCUT2D eigenvalue weighted by Gasteiger charge is 2.44. The summed E-state index contributed by atoms with van der Waals surface area (Å²) < 4.78 is 387. The number of aromatic nitrogens is 1. The van der Waals surface area contributed by atoms with Crippen LogP contribution < -0.4 is 41.1 Å². The Kier molecular flexibility index (Phi) is 3.46. The molecule has 5 heteroatoms. The molecule has 10 aromatic carbocycles. The number of fused-ring (bicyclic) bond motifs is 7. The van der Waals surface area contributed by atoms with Gasteiger partial charge < -0.3 is 14.0 Å². The van der Waals surface area contributed by atoms with Crippen molar-refractivity contribution in [1.29, 1.82) is 0 Å². The Bertz CT molecular complexity index is 5680. The van der Waals surface area contributed by atoms with Crippen LogP contribution in [-0.2, 0) is 0 Å². The van der Waals surface area contributed by atoms with Gasteiger partial charge in [-0.2, -0.15) is 0 Å². The third-order valence-corrected chi connectivity index (χ3v) is 14.9. The molecule has 304 valence electrons. The van der Waals surface area contributed by atoms with Crippen molar-refractivity contribution in [3.8, 4) is 56.3 Å². The van der Waals surface area contributed by atoms with Crippen molar-refractivity contribution in [2.24, 2.45) is 0 Å². The fourth-order valence-corrected chi connectivity index (χ4v) is 11.9. The van der Waals surface area contributed by atoms with Gasteiger partial charge in [-0.1, -0.05) is 193 Å². The Morgan fingerprint density at radius 2 is 0.969 bits per heavy atom. The smallest absolute Gasteiger partial charge is 0.434 e. The van der Waals surface area contributed by atoms with Crippen LogP contribution in [0.15, 0.2) is 242 Å². The van der Waals surface area contributed by atoms with Crippen LogP contribution in [0.1, 0.15) is 54.8 Å². The third kappa shape index (κ3) is 5.83. The molecule has 0 saturated heterocycles. The van der Waals surface area contributed by atoms with Gasteiger partial charge in [-0.05, 0) is 96.9 Å². The van der Waals surface area contributed by atoms with Gasteiger partial charge in [0.1, 0.15) is 17.2 Å². The molecule has 1 aromatic heterocycles. The molecular formula is C60H40BNO2Si. The Morgan fingerprint density at radius 1 is 0.400 bits per heavy atom. The molecule has 0 unspecified atom stereocenters. The van der Waals surface area contributed by atoms with Crippen molar-refractivity contribution in [3.05, 3.63) is 242 Å². The molecular weight excluding hydrogens is 806 g/mol. The molecule has 65 heavy (non-hydrogen) atoms. The maximum Gasteiger partial charge on any atom is 0.434 e. The normalized spacial score (nSPS) is 21.1. The summed E-state index contributed by atoms with van der Waals surface area (Å²) in [5.74, 6) is -2.98. The van der Waals surface area contributed by atoms with Crippen LogP contribution in [0.2, 0.25) is 0 Å². The Labute approximate surface area is 435 Å². The van der Waals surface area contributed by atoms with Crippen molar-refractivity contribution in [2.45, 2.75) is 0 Å². The number of hydrogen-bond donors (Lipinski definition) is 0. The molecule has 0 atom stereocenters. The molecule has 13 rings (SSSR count). The van der Waals surface area contributed by atoms with Crippen LogP contribution in [0.4, 0.5) is 0 Å². The lowest BCUT2D eigenvalue weighted by Gasteiger charge is -2.36. The summed E-state index contributed by atoms with van der Waals surface area (Å²) in [6.45, 7) is -2.24. The van der Waals surface area contributed by atoms with E-state index < -0.39 is 366 Å². The molecule has 2 aliphatic rings. The minimum Gasteiger partial charge on any atom is -0.551 e. The monoisotopic (exact) mass is 886 g/mol. The number of ether oxygens (including phenoxy) is 1. The van der Waals surface area contributed by atoms with E-state index in [0.717, 1.165) is 0 Å². The zero-order valence-corrected chi connectivity index (χ0v) is 33.3. The van der Waals surface area contributed by atoms with Crippen LogP contribution in [0.25, 0.3) is 60.9 Å². The zero-order chi connectivity index (χ0) is 77.7. The molecule has 0 bridgehead atoms. The summed E-state index contributed by atoms with van der Waals surface area (Å²) in [6, 6.07) is -47.8. The summed E-state index contributed by atoms with van der Waals surface area (Å²) in [6.07, 6.45) is 0. The molecule has 0 aliphatic carbocycles. The van der Waals surface area contributed by atoms with Crippen molar-refractivity contribution in [1.82, 2.24) is 4.57 Å². The first kappa shape index (κ1) is 15.0. The maximum absolute atomic E-state index is 10.4. The number of rotatable bonds is 7. The highest BCUT2D eigenvalue weighted by atomic mass is 28.3. The molecule has 0 saturated carbocycles.